The summed E-state index contributed by atoms with van der Waals surface area (Å²) in [5.74, 6) is 1.23. The molecule has 46 heavy (non-hydrogen) atoms. The third-order valence-electron chi connectivity index (χ3n) is 8.88. The molecule has 2 saturated heterocycles. The van der Waals surface area contributed by atoms with Crippen LogP contribution in [0.25, 0.3) is 0 Å². The van der Waals surface area contributed by atoms with Gasteiger partial charge in [-0.3, -0.25) is 4.79 Å². The number of carbonyl (C=O) groups is 2. The molecule has 2 N–H and O–H groups in total. The van der Waals surface area contributed by atoms with Crippen LogP contribution in [0.2, 0.25) is 0 Å². The number of hydrogen-bond donors (Lipinski definition) is 2. The van der Waals surface area contributed by atoms with Crippen molar-refractivity contribution in [2.45, 2.75) is 43.0 Å². The van der Waals surface area contributed by atoms with Gasteiger partial charge >= 0.3 is 6.03 Å². The first-order valence-electron chi connectivity index (χ1n) is 16.4. The highest BCUT2D eigenvalue weighted by molar-refractivity contribution is 8.00. The highest BCUT2D eigenvalue weighted by atomic mass is 32.2. The van der Waals surface area contributed by atoms with Crippen molar-refractivity contribution >= 4 is 60.8 Å². The minimum absolute atomic E-state index is 0.0388. The molecule has 3 unspecified atom stereocenters. The monoisotopic (exact) mass is 667 g/mol. The highest BCUT2D eigenvalue weighted by Crippen LogP contribution is 2.36. The van der Waals surface area contributed by atoms with Gasteiger partial charge in [-0.1, -0.05) is 128 Å². The van der Waals surface area contributed by atoms with Gasteiger partial charge in [-0.2, -0.15) is 11.8 Å². The summed E-state index contributed by atoms with van der Waals surface area (Å²) < 4.78 is 0. The average molecular weight is 668 g/mol. The number of amides is 3. The number of hydrogen-bond acceptors (Lipinski definition) is 3. The topological polar surface area (TPSA) is 61.4 Å². The lowest BCUT2D eigenvalue weighted by Crippen LogP contribution is -2.37. The average Bonchev–Trinajstić information content (AvgIpc) is 3.66. The van der Waals surface area contributed by atoms with Crippen molar-refractivity contribution in [3.63, 3.8) is 0 Å². The lowest BCUT2D eigenvalue weighted by molar-refractivity contribution is -0.130. The van der Waals surface area contributed by atoms with Crippen LogP contribution in [-0.2, 0) is 4.79 Å². The predicted octanol–water partition coefficient (Wildman–Crippen LogP) is 5.81. The molecule has 238 valence electrons. The van der Waals surface area contributed by atoms with Gasteiger partial charge < -0.3 is 15.5 Å². The Balaban J connectivity index is 1.14. The Kier molecular flexibility index (Phi) is 11.8. The van der Waals surface area contributed by atoms with Crippen LogP contribution in [0.4, 0.5) is 4.79 Å². The number of carbonyl (C=O) groups excluding carboxylic acids is 2. The van der Waals surface area contributed by atoms with E-state index in [0.717, 1.165) is 50.4 Å². The van der Waals surface area contributed by atoms with E-state index in [0.29, 0.717) is 11.7 Å². The normalized spacial score (nSPS) is 18.7. The summed E-state index contributed by atoms with van der Waals surface area (Å²) in [6, 6.07) is 43.7. The molecular formula is C38H43N3O2P2S. The zero-order valence-electron chi connectivity index (χ0n) is 26.2. The Morgan fingerprint density at radius 3 is 1.59 bits per heavy atom. The fraction of sp³-hybridized carbons (Fsp3) is 0.316. The summed E-state index contributed by atoms with van der Waals surface area (Å²) >= 11 is 1.95. The Labute approximate surface area is 280 Å². The molecule has 6 rings (SSSR count). The van der Waals surface area contributed by atoms with Crippen LogP contribution in [0.15, 0.2) is 121 Å². The van der Waals surface area contributed by atoms with E-state index in [2.05, 4.69) is 137 Å². The maximum atomic E-state index is 14.0. The van der Waals surface area contributed by atoms with Gasteiger partial charge in [0.25, 0.3) is 0 Å². The van der Waals surface area contributed by atoms with Crippen LogP contribution in [0.3, 0.4) is 0 Å². The van der Waals surface area contributed by atoms with E-state index in [-0.39, 0.29) is 24.0 Å². The van der Waals surface area contributed by atoms with Gasteiger partial charge in [-0.05, 0) is 62.2 Å². The number of nitrogens with one attached hydrogen (secondary N) is 2. The number of unbranched alkanes of at least 4 members (excludes halogenated alkanes) is 1. The smallest absolute Gasteiger partial charge is 0.315 e. The van der Waals surface area contributed by atoms with E-state index >= 15 is 0 Å². The summed E-state index contributed by atoms with van der Waals surface area (Å²) in [6.45, 7) is 1.50. The molecule has 8 heteroatoms. The second kappa shape index (κ2) is 16.6. The zero-order valence-corrected chi connectivity index (χ0v) is 28.8. The number of rotatable bonds is 15. The van der Waals surface area contributed by atoms with E-state index in [4.69, 9.17) is 0 Å². The summed E-state index contributed by atoms with van der Waals surface area (Å²) in [5.41, 5.74) is 0. The van der Waals surface area contributed by atoms with E-state index in [9.17, 15) is 9.59 Å². The summed E-state index contributed by atoms with van der Waals surface area (Å²) in [5, 5.41) is 12.0. The molecule has 2 fully saturated rings. The number of fused-ring (bicyclic) bond motifs is 1. The Bertz CT molecular complexity index is 1370. The van der Waals surface area contributed by atoms with Crippen molar-refractivity contribution in [1.29, 1.82) is 0 Å². The lowest BCUT2D eigenvalue weighted by Gasteiger charge is -2.29. The van der Waals surface area contributed by atoms with E-state index < -0.39 is 15.8 Å². The minimum Gasteiger partial charge on any atom is -0.342 e. The third-order valence-corrected chi connectivity index (χ3v) is 15.4. The number of nitrogens with zero attached hydrogens (tertiary/aromatic N) is 1. The molecule has 3 atom stereocenters. The van der Waals surface area contributed by atoms with Crippen LogP contribution in [-0.4, -0.2) is 65.3 Å². The van der Waals surface area contributed by atoms with Gasteiger partial charge in [0.05, 0.1) is 12.1 Å². The molecule has 2 aliphatic rings. The van der Waals surface area contributed by atoms with Crippen LogP contribution in [0.1, 0.15) is 25.7 Å². The third kappa shape index (κ3) is 8.59. The fourth-order valence-electron chi connectivity index (χ4n) is 6.47. The second-order valence-corrected chi connectivity index (χ2v) is 17.8. The van der Waals surface area contributed by atoms with Crippen molar-refractivity contribution < 1.29 is 9.59 Å². The highest BCUT2D eigenvalue weighted by Gasteiger charge is 2.42. The van der Waals surface area contributed by atoms with Gasteiger partial charge in [0, 0.05) is 30.5 Å². The van der Waals surface area contributed by atoms with Crippen molar-refractivity contribution in [3.8, 4) is 0 Å². The SMILES string of the molecule is O=C1NC2CSC(CCCCC(=O)N(CCP(c3ccccc3)c3ccccc3)CCP(c3ccccc3)c3ccccc3)C2N1. The first kappa shape index (κ1) is 32.8. The molecule has 0 bridgehead atoms. The van der Waals surface area contributed by atoms with Crippen molar-refractivity contribution in [2.75, 3.05) is 31.2 Å². The van der Waals surface area contributed by atoms with Crippen LogP contribution in [0.5, 0.6) is 0 Å². The van der Waals surface area contributed by atoms with Crippen LogP contribution < -0.4 is 31.9 Å². The van der Waals surface area contributed by atoms with Gasteiger partial charge in [-0.15, -0.1) is 0 Å². The van der Waals surface area contributed by atoms with Crippen molar-refractivity contribution in [3.05, 3.63) is 121 Å². The molecule has 2 heterocycles. The van der Waals surface area contributed by atoms with E-state index in [1.54, 1.807) is 0 Å². The van der Waals surface area contributed by atoms with Crippen LogP contribution in [0, 0.1) is 0 Å². The largest absolute Gasteiger partial charge is 0.342 e. The molecule has 0 aromatic heterocycles. The molecule has 0 radical (unpaired) electrons. The first-order valence-corrected chi connectivity index (χ1v) is 20.5. The first-order chi connectivity index (χ1) is 22.7. The minimum atomic E-state index is -0.585. The molecule has 4 aromatic rings. The molecule has 3 amide bonds. The Morgan fingerprint density at radius 1 is 0.674 bits per heavy atom. The maximum absolute atomic E-state index is 14.0. The summed E-state index contributed by atoms with van der Waals surface area (Å²) in [7, 11) is -1.17. The number of thioether (sulfide) groups is 1. The van der Waals surface area contributed by atoms with Crippen LogP contribution >= 0.6 is 27.6 Å². The molecular weight excluding hydrogens is 624 g/mol. The molecule has 0 aliphatic carbocycles. The van der Waals surface area contributed by atoms with Crippen molar-refractivity contribution in [1.82, 2.24) is 15.5 Å². The predicted molar refractivity (Wildman–Crippen MR) is 198 cm³/mol. The Hall–Kier alpha value is -3.17. The standard InChI is InChI=1S/C38H43N3O2P2S/c42-36(24-14-13-23-35-37-34(29-46-35)39-38(43)40-37)41(25-27-44(30-15-5-1-6-16-30)31-17-7-2-8-18-31)26-28-45(32-19-9-3-10-20-32)33-21-11-4-12-22-33/h1-12,15-22,34-35,37H,13-14,23-29H2,(H2,39,40,43). The molecule has 0 saturated carbocycles. The van der Waals surface area contributed by atoms with E-state index in [1.807, 2.05) is 11.8 Å². The molecule has 0 spiro atoms. The van der Waals surface area contributed by atoms with Gasteiger partial charge in [0.15, 0.2) is 0 Å². The van der Waals surface area contributed by atoms with E-state index in [1.165, 1.54) is 21.2 Å². The number of benzene rings is 4. The Morgan fingerprint density at radius 2 is 1.13 bits per heavy atom. The second-order valence-electron chi connectivity index (χ2n) is 11.9. The maximum Gasteiger partial charge on any atom is 0.315 e. The molecule has 2 aliphatic heterocycles. The fourth-order valence-corrected chi connectivity index (χ4v) is 12.7. The van der Waals surface area contributed by atoms with Crippen molar-refractivity contribution in [2.24, 2.45) is 0 Å². The molecule has 4 aromatic carbocycles. The summed E-state index contributed by atoms with van der Waals surface area (Å²) in [6.07, 6.45) is 5.36. The van der Waals surface area contributed by atoms with Gasteiger partial charge in [-0.25, -0.2) is 4.79 Å². The lowest BCUT2D eigenvalue weighted by atomic mass is 10.0. The quantitative estimate of drug-likeness (QED) is 0.0957. The zero-order chi connectivity index (χ0) is 31.6. The summed E-state index contributed by atoms with van der Waals surface area (Å²) in [4.78, 5) is 28.0. The van der Waals surface area contributed by atoms with Gasteiger partial charge in [0.1, 0.15) is 0 Å². The molecule has 5 nitrogen and oxygen atoms in total. The van der Waals surface area contributed by atoms with Gasteiger partial charge in [0.2, 0.25) is 5.91 Å². The number of urea groups is 1.